The SMILES string of the molecule is Cc1ccc(NC(=O)CCS(=O)(=O)c2ccccc2)cc1S(=O)(=O)Nc1ccccc1Cl. The van der Waals surface area contributed by atoms with Crippen LogP contribution in [0.2, 0.25) is 5.02 Å². The van der Waals surface area contributed by atoms with Crippen LogP contribution in [-0.2, 0) is 24.7 Å². The Labute approximate surface area is 192 Å². The number of sulfone groups is 1. The fourth-order valence-electron chi connectivity index (χ4n) is 2.91. The monoisotopic (exact) mass is 492 g/mol. The Morgan fingerprint density at radius 2 is 1.56 bits per heavy atom. The summed E-state index contributed by atoms with van der Waals surface area (Å²) in [5.74, 6) is -0.913. The number of hydrogen-bond acceptors (Lipinski definition) is 5. The van der Waals surface area contributed by atoms with E-state index in [0.717, 1.165) is 0 Å². The van der Waals surface area contributed by atoms with Crippen LogP contribution in [-0.4, -0.2) is 28.5 Å². The smallest absolute Gasteiger partial charge is 0.262 e. The van der Waals surface area contributed by atoms with Gasteiger partial charge in [0.2, 0.25) is 5.91 Å². The van der Waals surface area contributed by atoms with Crippen LogP contribution < -0.4 is 10.0 Å². The number of aryl methyl sites for hydroxylation is 1. The molecule has 0 saturated carbocycles. The zero-order valence-corrected chi connectivity index (χ0v) is 19.5. The molecule has 7 nitrogen and oxygen atoms in total. The molecule has 0 heterocycles. The van der Waals surface area contributed by atoms with Gasteiger partial charge < -0.3 is 5.32 Å². The molecule has 32 heavy (non-hydrogen) atoms. The number of anilines is 2. The zero-order chi connectivity index (χ0) is 23.4. The molecule has 0 aliphatic carbocycles. The van der Waals surface area contributed by atoms with Crippen LogP contribution >= 0.6 is 11.6 Å². The molecule has 0 radical (unpaired) electrons. The van der Waals surface area contributed by atoms with Crippen molar-refractivity contribution in [2.45, 2.75) is 23.1 Å². The van der Waals surface area contributed by atoms with Crippen molar-refractivity contribution in [2.24, 2.45) is 0 Å². The van der Waals surface area contributed by atoms with Gasteiger partial charge >= 0.3 is 0 Å². The summed E-state index contributed by atoms with van der Waals surface area (Å²) in [7, 11) is -7.58. The molecule has 3 aromatic rings. The van der Waals surface area contributed by atoms with Gasteiger partial charge in [0.15, 0.2) is 9.84 Å². The third-order valence-electron chi connectivity index (χ3n) is 4.58. The number of rotatable bonds is 8. The predicted molar refractivity (Wildman–Crippen MR) is 125 cm³/mol. The van der Waals surface area contributed by atoms with Crippen LogP contribution in [0.25, 0.3) is 0 Å². The van der Waals surface area contributed by atoms with E-state index in [2.05, 4.69) is 10.0 Å². The number of nitrogens with one attached hydrogen (secondary N) is 2. The second-order valence-electron chi connectivity index (χ2n) is 7.00. The summed E-state index contributed by atoms with van der Waals surface area (Å²) in [5.41, 5.74) is 0.931. The van der Waals surface area contributed by atoms with Crippen molar-refractivity contribution in [1.29, 1.82) is 0 Å². The first kappa shape index (κ1) is 23.8. The van der Waals surface area contributed by atoms with E-state index in [1.807, 2.05) is 0 Å². The Balaban J connectivity index is 1.73. The molecular weight excluding hydrogens is 472 g/mol. The Morgan fingerprint density at radius 3 is 2.25 bits per heavy atom. The molecule has 0 aliphatic heterocycles. The number of hydrogen-bond donors (Lipinski definition) is 2. The summed E-state index contributed by atoms with van der Waals surface area (Å²) < 4.78 is 52.8. The Kier molecular flexibility index (Phi) is 7.22. The molecule has 0 spiro atoms. The lowest BCUT2D eigenvalue weighted by Gasteiger charge is -2.13. The molecule has 3 aromatic carbocycles. The second-order valence-corrected chi connectivity index (χ2v) is 11.2. The molecule has 0 atom stereocenters. The first-order chi connectivity index (χ1) is 15.1. The topological polar surface area (TPSA) is 109 Å². The van der Waals surface area contributed by atoms with Crippen LogP contribution in [0.3, 0.4) is 0 Å². The molecule has 2 N–H and O–H groups in total. The highest BCUT2D eigenvalue weighted by molar-refractivity contribution is 7.92. The number of carbonyl (C=O) groups excluding carboxylic acids is 1. The highest BCUT2D eigenvalue weighted by atomic mass is 35.5. The summed E-state index contributed by atoms with van der Waals surface area (Å²) in [5, 5.41) is 2.81. The van der Waals surface area contributed by atoms with Crippen molar-refractivity contribution in [2.75, 3.05) is 15.8 Å². The summed E-state index contributed by atoms with van der Waals surface area (Å²) in [4.78, 5) is 12.4. The minimum Gasteiger partial charge on any atom is -0.326 e. The predicted octanol–water partition coefficient (Wildman–Crippen LogP) is 4.25. The number of carbonyl (C=O) groups is 1. The van der Waals surface area contributed by atoms with Gasteiger partial charge in [0.1, 0.15) is 0 Å². The normalized spacial score (nSPS) is 11.7. The fraction of sp³-hybridized carbons (Fsp3) is 0.136. The molecule has 0 aliphatic rings. The van der Waals surface area contributed by atoms with Crippen molar-refractivity contribution < 1.29 is 21.6 Å². The number of sulfonamides is 1. The number of benzene rings is 3. The van der Waals surface area contributed by atoms with E-state index >= 15 is 0 Å². The molecule has 0 fully saturated rings. The lowest BCUT2D eigenvalue weighted by molar-refractivity contribution is -0.115. The van der Waals surface area contributed by atoms with Gasteiger partial charge in [-0.15, -0.1) is 0 Å². The molecule has 0 aromatic heterocycles. The summed E-state index contributed by atoms with van der Waals surface area (Å²) in [6.45, 7) is 1.62. The van der Waals surface area contributed by atoms with E-state index in [9.17, 15) is 21.6 Å². The van der Waals surface area contributed by atoms with E-state index in [4.69, 9.17) is 11.6 Å². The van der Waals surface area contributed by atoms with Gasteiger partial charge in [-0.05, 0) is 48.9 Å². The standard InChI is InChI=1S/C22H21ClN2O5S2/c1-16-11-12-17(15-21(16)32(29,30)25-20-10-6-5-9-19(20)23)24-22(26)13-14-31(27,28)18-7-3-2-4-8-18/h2-12,15,25H,13-14H2,1H3,(H,24,26). The van der Waals surface area contributed by atoms with Crippen LogP contribution in [0, 0.1) is 6.92 Å². The van der Waals surface area contributed by atoms with Crippen molar-refractivity contribution in [3.63, 3.8) is 0 Å². The maximum atomic E-state index is 12.9. The molecule has 0 saturated heterocycles. The van der Waals surface area contributed by atoms with Crippen LogP contribution in [0.15, 0.2) is 82.6 Å². The van der Waals surface area contributed by atoms with Crippen LogP contribution in [0.5, 0.6) is 0 Å². The molecule has 0 bridgehead atoms. The molecule has 168 valence electrons. The second kappa shape index (κ2) is 9.72. The van der Waals surface area contributed by atoms with Crippen LogP contribution in [0.4, 0.5) is 11.4 Å². The average molecular weight is 493 g/mol. The number of amides is 1. The fourth-order valence-corrected chi connectivity index (χ4v) is 5.76. The van der Waals surface area contributed by atoms with E-state index in [1.165, 1.54) is 24.3 Å². The Morgan fingerprint density at radius 1 is 0.906 bits per heavy atom. The first-order valence-electron chi connectivity index (χ1n) is 9.54. The maximum absolute atomic E-state index is 12.9. The largest absolute Gasteiger partial charge is 0.326 e. The molecule has 1 amide bonds. The van der Waals surface area contributed by atoms with Gasteiger partial charge in [-0.2, -0.15) is 0 Å². The molecule has 0 unspecified atom stereocenters. The Hall–Kier alpha value is -2.88. The third kappa shape index (κ3) is 5.87. The van der Waals surface area contributed by atoms with Crippen molar-refractivity contribution in [3.8, 4) is 0 Å². The molecular formula is C22H21ClN2O5S2. The summed E-state index contributed by atoms with van der Waals surface area (Å²) in [6.07, 6.45) is -0.273. The highest BCUT2D eigenvalue weighted by Gasteiger charge is 2.20. The van der Waals surface area contributed by atoms with Gasteiger partial charge in [0.25, 0.3) is 10.0 Å². The summed E-state index contributed by atoms with van der Waals surface area (Å²) >= 11 is 6.04. The quantitative estimate of drug-likeness (QED) is 0.488. The van der Waals surface area contributed by atoms with Gasteiger partial charge in [0.05, 0.1) is 26.3 Å². The van der Waals surface area contributed by atoms with Gasteiger partial charge in [-0.1, -0.05) is 48.0 Å². The van der Waals surface area contributed by atoms with E-state index in [1.54, 1.807) is 55.5 Å². The molecule has 10 heteroatoms. The molecule has 3 rings (SSSR count). The Bertz CT molecular complexity index is 1340. The van der Waals surface area contributed by atoms with Gasteiger partial charge in [0, 0.05) is 12.1 Å². The zero-order valence-electron chi connectivity index (χ0n) is 17.1. The van der Waals surface area contributed by atoms with E-state index < -0.39 is 25.8 Å². The number of para-hydroxylation sites is 1. The highest BCUT2D eigenvalue weighted by Crippen LogP contribution is 2.27. The first-order valence-corrected chi connectivity index (χ1v) is 13.1. The third-order valence-corrected chi connectivity index (χ3v) is 8.15. The van der Waals surface area contributed by atoms with E-state index in [-0.39, 0.29) is 38.4 Å². The minimum atomic E-state index is -3.98. The number of halogens is 1. The summed E-state index contributed by atoms with van der Waals surface area (Å²) in [6, 6.07) is 18.7. The van der Waals surface area contributed by atoms with Crippen molar-refractivity contribution in [1.82, 2.24) is 0 Å². The average Bonchev–Trinajstić information content (AvgIpc) is 2.76. The van der Waals surface area contributed by atoms with Gasteiger partial charge in [-0.25, -0.2) is 16.8 Å². The van der Waals surface area contributed by atoms with Crippen molar-refractivity contribution >= 4 is 48.7 Å². The van der Waals surface area contributed by atoms with E-state index in [0.29, 0.717) is 5.56 Å². The lowest BCUT2D eigenvalue weighted by atomic mass is 10.2. The maximum Gasteiger partial charge on any atom is 0.262 e. The van der Waals surface area contributed by atoms with Crippen molar-refractivity contribution in [3.05, 3.63) is 83.4 Å². The lowest BCUT2D eigenvalue weighted by Crippen LogP contribution is -2.18. The minimum absolute atomic E-state index is 0.0351. The van der Waals surface area contributed by atoms with Crippen LogP contribution in [0.1, 0.15) is 12.0 Å². The van der Waals surface area contributed by atoms with Gasteiger partial charge in [-0.3, -0.25) is 9.52 Å².